The van der Waals surface area contributed by atoms with Gasteiger partial charge in [0.05, 0.1) is 38.0 Å². The molecule has 34 heavy (non-hydrogen) atoms. The van der Waals surface area contributed by atoms with Crippen LogP contribution in [0.15, 0.2) is 54.6 Å². The molecule has 1 aromatic heterocycles. The molecule has 8 nitrogen and oxygen atoms in total. The van der Waals surface area contributed by atoms with Crippen LogP contribution < -0.4 is 14.2 Å². The van der Waals surface area contributed by atoms with Crippen molar-refractivity contribution < 1.29 is 24.4 Å². The number of aryl methyl sites for hydroxylation is 1. The predicted molar refractivity (Wildman–Crippen MR) is 128 cm³/mol. The highest BCUT2D eigenvalue weighted by Crippen LogP contribution is 2.37. The van der Waals surface area contributed by atoms with Gasteiger partial charge in [-0.05, 0) is 48.4 Å². The molecule has 0 radical (unpaired) electrons. The second-order valence-corrected chi connectivity index (χ2v) is 7.46. The van der Waals surface area contributed by atoms with Crippen LogP contribution in [0.2, 0.25) is 0 Å². The normalized spacial score (nSPS) is 10.7. The van der Waals surface area contributed by atoms with Gasteiger partial charge in [0, 0.05) is 12.1 Å². The molecule has 0 amide bonds. The summed E-state index contributed by atoms with van der Waals surface area (Å²) < 4.78 is 16.0. The van der Waals surface area contributed by atoms with Gasteiger partial charge in [0.1, 0.15) is 28.7 Å². The highest BCUT2D eigenvalue weighted by molar-refractivity contribution is 5.74. The van der Waals surface area contributed by atoms with Gasteiger partial charge in [0.15, 0.2) is 17.5 Å². The zero-order valence-corrected chi connectivity index (χ0v) is 19.4. The van der Waals surface area contributed by atoms with Crippen LogP contribution in [0.4, 0.5) is 0 Å². The molecule has 0 saturated carbocycles. The summed E-state index contributed by atoms with van der Waals surface area (Å²) in [6.45, 7) is 2.01. The third kappa shape index (κ3) is 4.43. The number of nitrogens with zero attached hydrogens (tertiary/aromatic N) is 3. The molecule has 0 bridgehead atoms. The molecule has 2 N–H and O–H groups in total. The fourth-order valence-corrected chi connectivity index (χ4v) is 3.53. The molecular weight excluding hydrogens is 434 g/mol. The maximum Gasteiger partial charge on any atom is 0.167 e. The number of phenols is 2. The standard InChI is InChI=1S/C26H25N3O5/c1-5-15-6-9-18(21(30)12-15)24-27-25(19-10-7-16(32-2)13-22(19)31)29-26(28-24)20-11-8-17(33-3)14-23(20)34-4/h6-14,30-31H,5H2,1-4H3. The predicted octanol–water partition coefficient (Wildman–Crippen LogP) is 4.87. The molecule has 0 aliphatic rings. The minimum atomic E-state index is -0.0466. The van der Waals surface area contributed by atoms with E-state index in [2.05, 4.69) is 15.0 Å². The summed E-state index contributed by atoms with van der Waals surface area (Å²) in [5.41, 5.74) is 2.43. The highest BCUT2D eigenvalue weighted by atomic mass is 16.5. The van der Waals surface area contributed by atoms with Crippen molar-refractivity contribution in [2.24, 2.45) is 0 Å². The van der Waals surface area contributed by atoms with Crippen LogP contribution in [-0.2, 0) is 6.42 Å². The van der Waals surface area contributed by atoms with Crippen LogP contribution in [0.25, 0.3) is 34.2 Å². The summed E-state index contributed by atoms with van der Waals surface area (Å²) in [5, 5.41) is 21.3. The first kappa shape index (κ1) is 22.8. The summed E-state index contributed by atoms with van der Waals surface area (Å²) in [6, 6.07) is 15.5. The molecule has 4 rings (SSSR count). The molecule has 0 aliphatic heterocycles. The van der Waals surface area contributed by atoms with E-state index in [1.807, 2.05) is 13.0 Å². The summed E-state index contributed by atoms with van der Waals surface area (Å²) in [5.74, 6) is 2.44. The van der Waals surface area contributed by atoms with Crippen molar-refractivity contribution >= 4 is 0 Å². The zero-order chi connectivity index (χ0) is 24.2. The Balaban J connectivity index is 1.96. The van der Waals surface area contributed by atoms with E-state index >= 15 is 0 Å². The van der Waals surface area contributed by atoms with E-state index in [-0.39, 0.29) is 23.1 Å². The molecule has 0 fully saturated rings. The summed E-state index contributed by atoms with van der Waals surface area (Å²) in [4.78, 5) is 13.8. The Kier molecular flexibility index (Phi) is 6.49. The monoisotopic (exact) mass is 459 g/mol. The Hall–Kier alpha value is -4.33. The van der Waals surface area contributed by atoms with Crippen molar-refractivity contribution in [3.05, 3.63) is 60.2 Å². The largest absolute Gasteiger partial charge is 0.507 e. The molecule has 0 saturated heterocycles. The van der Waals surface area contributed by atoms with Gasteiger partial charge in [-0.1, -0.05) is 13.0 Å². The lowest BCUT2D eigenvalue weighted by molar-refractivity contribution is 0.395. The molecular formula is C26H25N3O5. The fourth-order valence-electron chi connectivity index (χ4n) is 3.53. The first-order valence-corrected chi connectivity index (χ1v) is 10.7. The molecule has 0 aliphatic carbocycles. The van der Waals surface area contributed by atoms with Crippen molar-refractivity contribution in [3.8, 4) is 62.9 Å². The molecule has 8 heteroatoms. The Labute approximate surface area is 197 Å². The van der Waals surface area contributed by atoms with Crippen LogP contribution in [0.1, 0.15) is 12.5 Å². The van der Waals surface area contributed by atoms with Gasteiger partial charge in [-0.3, -0.25) is 0 Å². The maximum absolute atomic E-state index is 10.7. The Bertz CT molecular complexity index is 1270. The van der Waals surface area contributed by atoms with Crippen molar-refractivity contribution in [1.29, 1.82) is 0 Å². The van der Waals surface area contributed by atoms with E-state index in [9.17, 15) is 10.2 Å². The van der Waals surface area contributed by atoms with Gasteiger partial charge in [-0.25, -0.2) is 15.0 Å². The number of rotatable bonds is 7. The first-order chi connectivity index (χ1) is 16.5. The van der Waals surface area contributed by atoms with E-state index in [1.165, 1.54) is 13.2 Å². The number of aromatic hydroxyl groups is 2. The van der Waals surface area contributed by atoms with Gasteiger partial charge >= 0.3 is 0 Å². The Morgan fingerprint density at radius 3 is 1.62 bits per heavy atom. The van der Waals surface area contributed by atoms with Gasteiger partial charge in [-0.2, -0.15) is 0 Å². The van der Waals surface area contributed by atoms with Crippen molar-refractivity contribution in [2.75, 3.05) is 21.3 Å². The van der Waals surface area contributed by atoms with E-state index in [1.54, 1.807) is 56.7 Å². The lowest BCUT2D eigenvalue weighted by atomic mass is 10.1. The van der Waals surface area contributed by atoms with Crippen LogP contribution in [-0.4, -0.2) is 46.5 Å². The van der Waals surface area contributed by atoms with Crippen molar-refractivity contribution in [3.63, 3.8) is 0 Å². The van der Waals surface area contributed by atoms with Gasteiger partial charge in [-0.15, -0.1) is 0 Å². The number of aromatic nitrogens is 3. The average Bonchev–Trinajstić information content (AvgIpc) is 2.87. The van der Waals surface area contributed by atoms with Crippen LogP contribution in [0.5, 0.6) is 28.7 Å². The van der Waals surface area contributed by atoms with Crippen molar-refractivity contribution in [1.82, 2.24) is 15.0 Å². The van der Waals surface area contributed by atoms with E-state index in [0.717, 1.165) is 12.0 Å². The fraction of sp³-hybridized carbons (Fsp3) is 0.192. The highest BCUT2D eigenvalue weighted by Gasteiger charge is 2.19. The second kappa shape index (κ2) is 9.66. The Morgan fingerprint density at radius 1 is 0.618 bits per heavy atom. The first-order valence-electron chi connectivity index (χ1n) is 10.7. The lowest BCUT2D eigenvalue weighted by Gasteiger charge is -2.13. The molecule has 1 heterocycles. The van der Waals surface area contributed by atoms with Gasteiger partial charge < -0.3 is 24.4 Å². The summed E-state index contributed by atoms with van der Waals surface area (Å²) >= 11 is 0. The van der Waals surface area contributed by atoms with Crippen LogP contribution in [0.3, 0.4) is 0 Å². The number of methoxy groups -OCH3 is 3. The average molecular weight is 460 g/mol. The number of ether oxygens (including phenoxy) is 3. The smallest absolute Gasteiger partial charge is 0.167 e. The minimum absolute atomic E-state index is 0.0466. The second-order valence-electron chi connectivity index (χ2n) is 7.46. The topological polar surface area (TPSA) is 107 Å². The Morgan fingerprint density at radius 2 is 1.12 bits per heavy atom. The number of hydrogen-bond acceptors (Lipinski definition) is 8. The van der Waals surface area contributed by atoms with Crippen LogP contribution in [0, 0.1) is 0 Å². The summed E-state index contributed by atoms with van der Waals surface area (Å²) in [7, 11) is 4.64. The number of phenolic OH excluding ortho intramolecular Hbond substituents is 2. The summed E-state index contributed by atoms with van der Waals surface area (Å²) in [6.07, 6.45) is 0.782. The minimum Gasteiger partial charge on any atom is -0.507 e. The molecule has 4 aromatic rings. The van der Waals surface area contributed by atoms with Gasteiger partial charge in [0.25, 0.3) is 0 Å². The molecule has 174 valence electrons. The quantitative estimate of drug-likeness (QED) is 0.403. The van der Waals surface area contributed by atoms with Crippen LogP contribution >= 0.6 is 0 Å². The van der Waals surface area contributed by atoms with E-state index in [4.69, 9.17) is 14.2 Å². The van der Waals surface area contributed by atoms with E-state index in [0.29, 0.717) is 39.8 Å². The maximum atomic E-state index is 10.7. The lowest BCUT2D eigenvalue weighted by Crippen LogP contribution is -2.02. The zero-order valence-electron chi connectivity index (χ0n) is 19.4. The SMILES string of the molecule is CCc1ccc(-c2nc(-c3ccc(OC)cc3O)nc(-c3ccc(OC)cc3OC)n2)c(O)c1. The molecule has 0 spiro atoms. The third-order valence-electron chi connectivity index (χ3n) is 5.44. The molecule has 0 atom stereocenters. The van der Waals surface area contributed by atoms with Gasteiger partial charge in [0.2, 0.25) is 0 Å². The van der Waals surface area contributed by atoms with E-state index < -0.39 is 0 Å². The molecule has 0 unspecified atom stereocenters. The van der Waals surface area contributed by atoms with Crippen molar-refractivity contribution in [2.45, 2.75) is 13.3 Å². The molecule has 3 aromatic carbocycles. The third-order valence-corrected chi connectivity index (χ3v) is 5.44. The number of hydrogen-bond donors (Lipinski definition) is 2. The number of benzene rings is 3.